The molecule has 1 aliphatic carbocycles. The summed E-state index contributed by atoms with van der Waals surface area (Å²) in [6, 6.07) is 0.536. The van der Waals surface area contributed by atoms with E-state index in [4.69, 9.17) is 4.74 Å². The van der Waals surface area contributed by atoms with Crippen molar-refractivity contribution >= 4 is 0 Å². The van der Waals surface area contributed by atoms with E-state index in [1.54, 1.807) is 0 Å². The molecule has 1 spiro atoms. The molecule has 1 heterocycles. The van der Waals surface area contributed by atoms with E-state index < -0.39 is 0 Å². The van der Waals surface area contributed by atoms with Gasteiger partial charge in [-0.1, -0.05) is 20.8 Å². The van der Waals surface area contributed by atoms with Crippen LogP contribution < -0.4 is 5.32 Å². The van der Waals surface area contributed by atoms with Gasteiger partial charge in [-0.3, -0.25) is 0 Å². The minimum atomic E-state index is -0.231. The molecule has 3 nitrogen and oxygen atoms in total. The van der Waals surface area contributed by atoms with E-state index >= 15 is 0 Å². The lowest BCUT2D eigenvalue weighted by Gasteiger charge is -2.47. The average Bonchev–Trinajstić information content (AvgIpc) is 2.22. The Morgan fingerprint density at radius 1 is 1.39 bits per heavy atom. The first-order valence-corrected chi connectivity index (χ1v) is 7.44. The van der Waals surface area contributed by atoms with Crippen LogP contribution in [0.15, 0.2) is 0 Å². The highest BCUT2D eigenvalue weighted by Crippen LogP contribution is 2.42. The molecule has 1 saturated carbocycles. The van der Waals surface area contributed by atoms with Crippen LogP contribution in [0.5, 0.6) is 0 Å². The van der Waals surface area contributed by atoms with Crippen molar-refractivity contribution in [2.75, 3.05) is 13.2 Å². The third kappa shape index (κ3) is 3.94. The van der Waals surface area contributed by atoms with Crippen molar-refractivity contribution in [3.8, 4) is 0 Å². The quantitative estimate of drug-likeness (QED) is 0.811. The molecule has 0 aromatic heterocycles. The van der Waals surface area contributed by atoms with E-state index in [-0.39, 0.29) is 17.1 Å². The summed E-state index contributed by atoms with van der Waals surface area (Å²) < 4.78 is 5.92. The second kappa shape index (κ2) is 5.48. The van der Waals surface area contributed by atoms with Crippen LogP contribution in [0.3, 0.4) is 0 Å². The lowest BCUT2D eigenvalue weighted by atomic mass is 9.74. The van der Waals surface area contributed by atoms with E-state index in [0.29, 0.717) is 6.04 Å². The van der Waals surface area contributed by atoms with Gasteiger partial charge in [0.15, 0.2) is 0 Å². The molecule has 0 aromatic carbocycles. The second-order valence-corrected chi connectivity index (χ2v) is 7.40. The highest BCUT2D eigenvalue weighted by molar-refractivity contribution is 4.96. The van der Waals surface area contributed by atoms with Crippen molar-refractivity contribution < 1.29 is 9.84 Å². The zero-order chi connectivity index (χ0) is 13.2. The van der Waals surface area contributed by atoms with Crippen LogP contribution in [0.2, 0.25) is 0 Å². The number of aliphatic hydroxyl groups excluding tert-OH is 1. The van der Waals surface area contributed by atoms with Crippen LogP contribution in [0, 0.1) is 5.41 Å². The summed E-state index contributed by atoms with van der Waals surface area (Å²) in [5.41, 5.74) is 0.400. The lowest BCUT2D eigenvalue weighted by Crippen LogP contribution is -2.52. The predicted molar refractivity (Wildman–Crippen MR) is 73.6 cm³/mol. The zero-order valence-electron chi connectivity index (χ0n) is 12.2. The van der Waals surface area contributed by atoms with Crippen molar-refractivity contribution in [3.05, 3.63) is 0 Å². The molecule has 18 heavy (non-hydrogen) atoms. The predicted octanol–water partition coefficient (Wildman–Crippen LogP) is 2.47. The molecule has 0 aromatic rings. The molecule has 3 heteroatoms. The standard InChI is InChI=1S/C15H29NO2/c1-14(2,3)10-13(17)11-16-12-5-8-18-15(9-12)6-4-7-15/h12-13,16-17H,4-11H2,1-3H3. The van der Waals surface area contributed by atoms with Gasteiger partial charge in [0.05, 0.1) is 11.7 Å². The van der Waals surface area contributed by atoms with Crippen molar-refractivity contribution in [1.82, 2.24) is 5.32 Å². The summed E-state index contributed by atoms with van der Waals surface area (Å²) in [6.07, 6.45) is 6.63. The van der Waals surface area contributed by atoms with Gasteiger partial charge in [-0.15, -0.1) is 0 Å². The van der Waals surface area contributed by atoms with Gasteiger partial charge in [0.2, 0.25) is 0 Å². The Bertz CT molecular complexity index is 268. The van der Waals surface area contributed by atoms with Gasteiger partial charge in [-0.2, -0.15) is 0 Å². The minimum absolute atomic E-state index is 0.199. The molecule has 0 radical (unpaired) electrons. The molecule has 2 atom stereocenters. The topological polar surface area (TPSA) is 41.5 Å². The average molecular weight is 255 g/mol. The third-order valence-corrected chi connectivity index (χ3v) is 4.25. The highest BCUT2D eigenvalue weighted by Gasteiger charge is 2.42. The van der Waals surface area contributed by atoms with Gasteiger partial charge < -0.3 is 15.2 Å². The second-order valence-electron chi connectivity index (χ2n) is 7.40. The Balaban J connectivity index is 1.70. The Kier molecular flexibility index (Phi) is 4.35. The minimum Gasteiger partial charge on any atom is -0.392 e. The maximum atomic E-state index is 10.0. The van der Waals surface area contributed by atoms with E-state index in [2.05, 4.69) is 26.1 Å². The van der Waals surface area contributed by atoms with Crippen LogP contribution in [0.4, 0.5) is 0 Å². The molecule has 2 fully saturated rings. The Hall–Kier alpha value is -0.120. The molecular weight excluding hydrogens is 226 g/mol. The van der Waals surface area contributed by atoms with E-state index in [0.717, 1.165) is 32.4 Å². The largest absolute Gasteiger partial charge is 0.392 e. The molecule has 1 aliphatic heterocycles. The normalized spacial score (nSPS) is 29.0. The SMILES string of the molecule is CC(C)(C)CC(O)CNC1CCOC2(CCC2)C1. The first-order chi connectivity index (χ1) is 8.39. The third-order valence-electron chi connectivity index (χ3n) is 4.25. The van der Waals surface area contributed by atoms with Crippen molar-refractivity contribution in [2.24, 2.45) is 5.41 Å². The summed E-state index contributed by atoms with van der Waals surface area (Å²) >= 11 is 0. The van der Waals surface area contributed by atoms with Crippen LogP contribution in [-0.4, -0.2) is 36.0 Å². The van der Waals surface area contributed by atoms with Gasteiger partial charge in [-0.05, 0) is 43.9 Å². The Morgan fingerprint density at radius 3 is 2.67 bits per heavy atom. The van der Waals surface area contributed by atoms with Crippen LogP contribution in [-0.2, 0) is 4.74 Å². The fraction of sp³-hybridized carbons (Fsp3) is 1.00. The monoisotopic (exact) mass is 255 g/mol. The molecule has 0 bridgehead atoms. The summed E-state index contributed by atoms with van der Waals surface area (Å²) in [6.45, 7) is 8.13. The first-order valence-electron chi connectivity index (χ1n) is 7.44. The Labute approximate surface area is 111 Å². The van der Waals surface area contributed by atoms with Gasteiger partial charge in [0.25, 0.3) is 0 Å². The molecule has 1 saturated heterocycles. The maximum Gasteiger partial charge on any atom is 0.0697 e. The van der Waals surface area contributed by atoms with Crippen LogP contribution in [0.1, 0.15) is 59.3 Å². The number of ether oxygens (including phenoxy) is 1. The van der Waals surface area contributed by atoms with Crippen molar-refractivity contribution in [3.63, 3.8) is 0 Å². The smallest absolute Gasteiger partial charge is 0.0697 e. The van der Waals surface area contributed by atoms with Crippen molar-refractivity contribution in [1.29, 1.82) is 0 Å². The van der Waals surface area contributed by atoms with Gasteiger partial charge in [0.1, 0.15) is 0 Å². The fourth-order valence-corrected chi connectivity index (χ4v) is 3.20. The number of aliphatic hydroxyl groups is 1. The molecule has 0 amide bonds. The summed E-state index contributed by atoms with van der Waals surface area (Å²) in [5.74, 6) is 0. The highest BCUT2D eigenvalue weighted by atomic mass is 16.5. The van der Waals surface area contributed by atoms with E-state index in [9.17, 15) is 5.11 Å². The maximum absolute atomic E-state index is 10.0. The molecule has 106 valence electrons. The number of rotatable bonds is 4. The fourth-order valence-electron chi connectivity index (χ4n) is 3.20. The van der Waals surface area contributed by atoms with Crippen LogP contribution >= 0.6 is 0 Å². The molecular formula is C15H29NO2. The van der Waals surface area contributed by atoms with Gasteiger partial charge in [-0.25, -0.2) is 0 Å². The number of nitrogens with one attached hydrogen (secondary N) is 1. The van der Waals surface area contributed by atoms with E-state index in [1.807, 2.05) is 0 Å². The summed E-state index contributed by atoms with van der Waals surface area (Å²) in [5, 5.41) is 13.6. The lowest BCUT2D eigenvalue weighted by molar-refractivity contribution is -0.136. The molecule has 2 unspecified atom stereocenters. The molecule has 2 rings (SSSR count). The van der Waals surface area contributed by atoms with Crippen molar-refractivity contribution in [2.45, 2.75) is 77.0 Å². The molecule has 2 N–H and O–H groups in total. The van der Waals surface area contributed by atoms with E-state index in [1.165, 1.54) is 19.3 Å². The van der Waals surface area contributed by atoms with Gasteiger partial charge in [0, 0.05) is 19.2 Å². The molecule has 2 aliphatic rings. The zero-order valence-corrected chi connectivity index (χ0v) is 12.2. The summed E-state index contributed by atoms with van der Waals surface area (Å²) in [4.78, 5) is 0. The summed E-state index contributed by atoms with van der Waals surface area (Å²) in [7, 11) is 0. The van der Waals surface area contributed by atoms with Crippen LogP contribution in [0.25, 0.3) is 0 Å². The first kappa shape index (κ1) is 14.3. The number of hydrogen-bond donors (Lipinski definition) is 2. The number of hydrogen-bond acceptors (Lipinski definition) is 3. The van der Waals surface area contributed by atoms with Gasteiger partial charge >= 0.3 is 0 Å². The Morgan fingerprint density at radius 2 is 2.11 bits per heavy atom.